The molecule has 1 aromatic carbocycles. The second kappa shape index (κ2) is 16.1. The van der Waals surface area contributed by atoms with Gasteiger partial charge in [0.1, 0.15) is 17.9 Å². The lowest BCUT2D eigenvalue weighted by Crippen LogP contribution is -2.11. The Morgan fingerprint density at radius 1 is 1.04 bits per heavy atom. The lowest BCUT2D eigenvalue weighted by atomic mass is 9.94. The molecule has 1 aromatic rings. The maximum atomic E-state index is 11.8. The van der Waals surface area contributed by atoms with E-state index in [1.807, 2.05) is 58.9 Å². The highest BCUT2D eigenvalue weighted by Crippen LogP contribution is 2.15. The van der Waals surface area contributed by atoms with Gasteiger partial charge in [-0.05, 0) is 39.2 Å². The van der Waals surface area contributed by atoms with Crippen LogP contribution < -0.4 is 0 Å². The van der Waals surface area contributed by atoms with Gasteiger partial charge in [0, 0.05) is 30.2 Å². The molecular weight excluding hydrogens is 340 g/mol. The number of ketones is 3. The van der Waals surface area contributed by atoms with Gasteiger partial charge in [-0.25, -0.2) is 0 Å². The molecule has 1 rings (SSSR count). The molecule has 4 heteroatoms. The summed E-state index contributed by atoms with van der Waals surface area (Å²) in [5.74, 6) is 0.874. The van der Waals surface area contributed by atoms with E-state index in [0.717, 1.165) is 23.8 Å². The van der Waals surface area contributed by atoms with Crippen molar-refractivity contribution < 1.29 is 19.2 Å². The second-order valence-electron chi connectivity index (χ2n) is 6.67. The summed E-state index contributed by atoms with van der Waals surface area (Å²) in [6.07, 6.45) is 3.51. The van der Waals surface area contributed by atoms with Gasteiger partial charge in [-0.1, -0.05) is 52.0 Å². The summed E-state index contributed by atoms with van der Waals surface area (Å²) in [7, 11) is 0. The van der Waals surface area contributed by atoms with Crippen molar-refractivity contribution in [2.75, 3.05) is 0 Å². The smallest absolute Gasteiger partial charge is 0.165 e. The molecule has 0 aliphatic heterocycles. The lowest BCUT2D eigenvalue weighted by molar-refractivity contribution is -0.121. The van der Waals surface area contributed by atoms with E-state index in [1.54, 1.807) is 6.92 Å². The molecular formula is C23H36O4. The fraction of sp³-hybridized carbons (Fsp3) is 0.565. The first-order valence-electron chi connectivity index (χ1n) is 9.67. The van der Waals surface area contributed by atoms with Gasteiger partial charge in [-0.3, -0.25) is 14.4 Å². The fourth-order valence-electron chi connectivity index (χ4n) is 2.06. The normalized spacial score (nSPS) is 11.7. The first-order chi connectivity index (χ1) is 12.7. The minimum atomic E-state index is 0.0468. The summed E-state index contributed by atoms with van der Waals surface area (Å²) in [5, 5.41) is 0. The summed E-state index contributed by atoms with van der Waals surface area (Å²) in [4.78, 5) is 42.2. The number of aldehydes is 1. The van der Waals surface area contributed by atoms with E-state index in [2.05, 4.69) is 0 Å². The maximum absolute atomic E-state index is 11.8. The molecule has 2 unspecified atom stereocenters. The predicted octanol–water partition coefficient (Wildman–Crippen LogP) is 5.40. The molecule has 0 saturated heterocycles. The van der Waals surface area contributed by atoms with Gasteiger partial charge in [-0.15, -0.1) is 0 Å². The third kappa shape index (κ3) is 12.8. The highest BCUT2D eigenvalue weighted by atomic mass is 16.1. The van der Waals surface area contributed by atoms with Crippen LogP contribution in [-0.4, -0.2) is 23.6 Å². The molecule has 0 aliphatic rings. The largest absolute Gasteiger partial charge is 0.304 e. The van der Waals surface area contributed by atoms with E-state index >= 15 is 0 Å². The summed E-state index contributed by atoms with van der Waals surface area (Å²) in [5.41, 5.74) is 1.95. The number of hydrogen-bond acceptors (Lipinski definition) is 4. The summed E-state index contributed by atoms with van der Waals surface area (Å²) in [6, 6.07) is 7.77. The molecule has 152 valence electrons. The molecule has 0 spiro atoms. The Hall–Kier alpha value is -2.10. The second-order valence-corrected chi connectivity index (χ2v) is 6.67. The van der Waals surface area contributed by atoms with Crippen molar-refractivity contribution in [3.05, 3.63) is 35.4 Å². The minimum Gasteiger partial charge on any atom is -0.304 e. The number of aryl methyl sites for hydroxylation is 1. The Labute approximate surface area is 164 Å². The predicted molar refractivity (Wildman–Crippen MR) is 111 cm³/mol. The lowest BCUT2D eigenvalue weighted by Gasteiger charge is -2.09. The minimum absolute atomic E-state index is 0.0468. The number of hydrogen-bond donors (Lipinski definition) is 0. The van der Waals surface area contributed by atoms with E-state index in [0.29, 0.717) is 19.3 Å². The van der Waals surface area contributed by atoms with Crippen LogP contribution in [0, 0.1) is 18.8 Å². The van der Waals surface area contributed by atoms with Gasteiger partial charge in [0.25, 0.3) is 0 Å². The Morgan fingerprint density at radius 2 is 1.56 bits per heavy atom. The number of Topliss-reactive ketones (excluding diaryl/α,β-unsaturated/α-hetero) is 3. The van der Waals surface area contributed by atoms with Crippen LogP contribution in [0.5, 0.6) is 0 Å². The molecule has 0 amide bonds. The number of benzene rings is 1. The molecule has 0 radical (unpaired) electrons. The van der Waals surface area contributed by atoms with Crippen LogP contribution in [0.2, 0.25) is 0 Å². The quantitative estimate of drug-likeness (QED) is 0.450. The monoisotopic (exact) mass is 376 g/mol. The zero-order valence-corrected chi connectivity index (χ0v) is 18.0. The van der Waals surface area contributed by atoms with Gasteiger partial charge < -0.3 is 4.79 Å². The van der Waals surface area contributed by atoms with Crippen LogP contribution in [0.3, 0.4) is 0 Å². The van der Waals surface area contributed by atoms with Crippen molar-refractivity contribution in [1.82, 2.24) is 0 Å². The summed E-state index contributed by atoms with van der Waals surface area (Å²) in [6.45, 7) is 12.7. The van der Waals surface area contributed by atoms with Crippen LogP contribution in [0.4, 0.5) is 0 Å². The van der Waals surface area contributed by atoms with Crippen LogP contribution in [0.15, 0.2) is 24.3 Å². The third-order valence-corrected chi connectivity index (χ3v) is 4.41. The Kier molecular flexibility index (Phi) is 16.2. The Bertz CT molecular complexity index is 590. The van der Waals surface area contributed by atoms with E-state index < -0.39 is 0 Å². The molecule has 2 atom stereocenters. The van der Waals surface area contributed by atoms with Crippen LogP contribution in [0.1, 0.15) is 83.1 Å². The maximum Gasteiger partial charge on any atom is 0.165 e. The van der Waals surface area contributed by atoms with E-state index in [4.69, 9.17) is 4.79 Å². The van der Waals surface area contributed by atoms with E-state index in [9.17, 15) is 14.4 Å². The Balaban J connectivity index is 0. The molecule has 0 heterocycles. The van der Waals surface area contributed by atoms with Gasteiger partial charge in [-0.2, -0.15) is 0 Å². The summed E-state index contributed by atoms with van der Waals surface area (Å²) >= 11 is 0. The molecule has 0 saturated carbocycles. The van der Waals surface area contributed by atoms with Crippen molar-refractivity contribution in [2.45, 2.75) is 74.1 Å². The highest BCUT2D eigenvalue weighted by molar-refractivity contribution is 5.98. The molecule has 4 nitrogen and oxygen atoms in total. The summed E-state index contributed by atoms with van der Waals surface area (Å²) < 4.78 is 0. The topological polar surface area (TPSA) is 68.3 Å². The molecule has 0 fully saturated rings. The molecule has 0 aromatic heterocycles. The number of carbonyl (C=O) groups is 4. The van der Waals surface area contributed by atoms with Gasteiger partial charge in [0.05, 0.1) is 0 Å². The first kappa shape index (κ1) is 27.1. The Morgan fingerprint density at radius 3 is 1.96 bits per heavy atom. The first-order valence-corrected chi connectivity index (χ1v) is 9.67. The third-order valence-electron chi connectivity index (χ3n) is 4.41. The van der Waals surface area contributed by atoms with Crippen molar-refractivity contribution in [3.8, 4) is 0 Å². The zero-order chi connectivity index (χ0) is 21.4. The SMILES string of the molecule is CC=O.CCC(=O)CCC(C)C(C)=O.CCC(C)C(=O)c1ccccc1C. The fourth-order valence-corrected chi connectivity index (χ4v) is 2.06. The van der Waals surface area contributed by atoms with Crippen LogP contribution in [0.25, 0.3) is 0 Å². The molecule has 27 heavy (non-hydrogen) atoms. The van der Waals surface area contributed by atoms with Gasteiger partial charge >= 0.3 is 0 Å². The van der Waals surface area contributed by atoms with Gasteiger partial charge in [0.15, 0.2) is 5.78 Å². The van der Waals surface area contributed by atoms with Gasteiger partial charge in [0.2, 0.25) is 0 Å². The molecule has 0 N–H and O–H groups in total. The van der Waals surface area contributed by atoms with Crippen molar-refractivity contribution >= 4 is 23.6 Å². The van der Waals surface area contributed by atoms with Crippen LogP contribution >= 0.6 is 0 Å². The average molecular weight is 377 g/mol. The van der Waals surface area contributed by atoms with E-state index in [1.165, 1.54) is 6.92 Å². The molecule has 0 bridgehead atoms. The number of carbonyl (C=O) groups excluding carboxylic acids is 4. The van der Waals surface area contributed by atoms with Crippen molar-refractivity contribution in [2.24, 2.45) is 11.8 Å². The van der Waals surface area contributed by atoms with Crippen molar-refractivity contribution in [3.63, 3.8) is 0 Å². The van der Waals surface area contributed by atoms with Crippen LogP contribution in [-0.2, 0) is 14.4 Å². The van der Waals surface area contributed by atoms with Crippen molar-refractivity contribution in [1.29, 1.82) is 0 Å². The molecule has 0 aliphatic carbocycles. The standard InChI is InChI=1S/C12H16O.C9H16O2.C2H4O/c1-4-9(2)12(13)11-8-6-5-7-10(11)3;1-4-9(11)6-5-7(2)8(3)10;1-2-3/h5-9H,4H2,1-3H3;7H,4-6H2,1-3H3;2H,1H3. The number of rotatable bonds is 8. The average Bonchev–Trinajstić information content (AvgIpc) is 2.65. The van der Waals surface area contributed by atoms with E-state index in [-0.39, 0.29) is 29.2 Å². The highest BCUT2D eigenvalue weighted by Gasteiger charge is 2.14. The zero-order valence-electron chi connectivity index (χ0n) is 18.0.